The van der Waals surface area contributed by atoms with Gasteiger partial charge < -0.3 is 0 Å². The van der Waals surface area contributed by atoms with Crippen LogP contribution < -0.4 is 0 Å². The van der Waals surface area contributed by atoms with Gasteiger partial charge in [-0.2, -0.15) is 0 Å². The minimum Gasteiger partial charge on any atom is -0.299 e. The Morgan fingerprint density at radius 3 is 2.17 bits per heavy atom. The SMILES string of the molecule is c1cnc(CN2CCCC2)c(CN2CCCC2)c1. The van der Waals surface area contributed by atoms with E-state index in [0.29, 0.717) is 0 Å². The van der Waals surface area contributed by atoms with Crippen LogP contribution in [-0.2, 0) is 13.1 Å². The molecule has 0 atom stereocenters. The summed E-state index contributed by atoms with van der Waals surface area (Å²) in [5.74, 6) is 0. The average molecular weight is 245 g/mol. The van der Waals surface area contributed by atoms with Gasteiger partial charge in [-0.05, 0) is 63.5 Å². The number of nitrogens with zero attached hydrogens (tertiary/aromatic N) is 3. The first-order valence-electron chi connectivity index (χ1n) is 7.29. The normalized spacial score (nSPS) is 21.8. The molecule has 3 rings (SSSR count). The third-order valence-corrected chi connectivity index (χ3v) is 4.15. The number of rotatable bonds is 4. The lowest BCUT2D eigenvalue weighted by Crippen LogP contribution is -2.23. The molecule has 0 saturated carbocycles. The second-order valence-corrected chi connectivity index (χ2v) is 5.58. The Morgan fingerprint density at radius 2 is 1.50 bits per heavy atom. The Bertz CT molecular complexity index is 342. The van der Waals surface area contributed by atoms with Gasteiger partial charge >= 0.3 is 0 Å². The lowest BCUT2D eigenvalue weighted by molar-refractivity contribution is 0.310. The van der Waals surface area contributed by atoms with Crippen molar-refractivity contribution in [3.05, 3.63) is 29.6 Å². The fraction of sp³-hybridized carbons (Fsp3) is 0.667. The average Bonchev–Trinajstić information content (AvgIpc) is 3.05. The Balaban J connectivity index is 1.67. The summed E-state index contributed by atoms with van der Waals surface area (Å²) in [6.45, 7) is 7.16. The Hall–Kier alpha value is -0.930. The predicted molar refractivity (Wildman–Crippen MR) is 73.3 cm³/mol. The summed E-state index contributed by atoms with van der Waals surface area (Å²) in [5.41, 5.74) is 2.73. The molecule has 1 aromatic rings. The van der Waals surface area contributed by atoms with Crippen LogP contribution >= 0.6 is 0 Å². The smallest absolute Gasteiger partial charge is 0.0588 e. The molecule has 2 aliphatic heterocycles. The highest BCUT2D eigenvalue weighted by Gasteiger charge is 2.17. The summed E-state index contributed by atoms with van der Waals surface area (Å²) >= 11 is 0. The van der Waals surface area contributed by atoms with Crippen molar-refractivity contribution in [1.29, 1.82) is 0 Å². The van der Waals surface area contributed by atoms with E-state index < -0.39 is 0 Å². The van der Waals surface area contributed by atoms with Crippen LogP contribution in [0.1, 0.15) is 36.9 Å². The van der Waals surface area contributed by atoms with E-state index in [1.54, 1.807) is 0 Å². The molecule has 0 spiro atoms. The summed E-state index contributed by atoms with van der Waals surface area (Å²) in [6, 6.07) is 4.34. The van der Waals surface area contributed by atoms with E-state index in [2.05, 4.69) is 26.9 Å². The minimum absolute atomic E-state index is 1.05. The van der Waals surface area contributed by atoms with Gasteiger partial charge in [0.15, 0.2) is 0 Å². The quantitative estimate of drug-likeness (QED) is 0.811. The van der Waals surface area contributed by atoms with Gasteiger partial charge in [-0.3, -0.25) is 14.8 Å². The van der Waals surface area contributed by atoms with Gasteiger partial charge in [-0.15, -0.1) is 0 Å². The summed E-state index contributed by atoms with van der Waals surface area (Å²) in [6.07, 6.45) is 7.38. The van der Waals surface area contributed by atoms with Crippen LogP contribution in [0.2, 0.25) is 0 Å². The fourth-order valence-corrected chi connectivity index (χ4v) is 3.09. The Kier molecular flexibility index (Phi) is 3.91. The lowest BCUT2D eigenvalue weighted by atomic mass is 10.1. The van der Waals surface area contributed by atoms with Gasteiger partial charge in [-0.25, -0.2) is 0 Å². The zero-order valence-electron chi connectivity index (χ0n) is 11.1. The molecule has 0 aromatic carbocycles. The second-order valence-electron chi connectivity index (χ2n) is 5.58. The lowest BCUT2D eigenvalue weighted by Gasteiger charge is -2.19. The van der Waals surface area contributed by atoms with Crippen LogP contribution in [0.3, 0.4) is 0 Å². The van der Waals surface area contributed by atoms with E-state index in [9.17, 15) is 0 Å². The van der Waals surface area contributed by atoms with E-state index in [4.69, 9.17) is 0 Å². The standard InChI is InChI=1S/C15H23N3/c1-2-9-17(8-1)12-14-6-5-7-16-15(14)13-18-10-3-4-11-18/h5-7H,1-4,8-13H2. The first kappa shape index (κ1) is 12.1. The predicted octanol–water partition coefficient (Wildman–Crippen LogP) is 2.27. The van der Waals surface area contributed by atoms with Crippen molar-refractivity contribution in [3.63, 3.8) is 0 Å². The maximum atomic E-state index is 4.62. The third-order valence-electron chi connectivity index (χ3n) is 4.15. The highest BCUT2D eigenvalue weighted by atomic mass is 15.2. The molecule has 3 nitrogen and oxygen atoms in total. The molecule has 0 radical (unpaired) electrons. The molecule has 3 heteroatoms. The fourth-order valence-electron chi connectivity index (χ4n) is 3.09. The van der Waals surface area contributed by atoms with Gasteiger partial charge in [0, 0.05) is 19.3 Å². The first-order chi connectivity index (χ1) is 8.92. The minimum atomic E-state index is 1.05. The third kappa shape index (κ3) is 2.90. The van der Waals surface area contributed by atoms with Crippen molar-refractivity contribution in [3.8, 4) is 0 Å². The van der Waals surface area contributed by atoms with Crippen molar-refractivity contribution in [2.45, 2.75) is 38.8 Å². The van der Waals surface area contributed by atoms with E-state index in [1.165, 1.54) is 63.1 Å². The number of pyridine rings is 1. The van der Waals surface area contributed by atoms with Crippen LogP contribution in [-0.4, -0.2) is 41.0 Å². The molecule has 18 heavy (non-hydrogen) atoms. The van der Waals surface area contributed by atoms with Crippen LogP contribution in [0.4, 0.5) is 0 Å². The van der Waals surface area contributed by atoms with Gasteiger partial charge in [0.25, 0.3) is 0 Å². The highest BCUT2D eigenvalue weighted by molar-refractivity contribution is 5.20. The van der Waals surface area contributed by atoms with E-state index in [1.807, 2.05) is 6.20 Å². The molecule has 0 bridgehead atoms. The maximum Gasteiger partial charge on any atom is 0.0588 e. The molecular formula is C15H23N3. The van der Waals surface area contributed by atoms with Crippen molar-refractivity contribution >= 4 is 0 Å². The van der Waals surface area contributed by atoms with Crippen LogP contribution in [0.25, 0.3) is 0 Å². The van der Waals surface area contributed by atoms with E-state index in [-0.39, 0.29) is 0 Å². The van der Waals surface area contributed by atoms with Crippen LogP contribution in [0, 0.1) is 0 Å². The highest BCUT2D eigenvalue weighted by Crippen LogP contribution is 2.17. The Labute approximate surface area is 110 Å². The Morgan fingerprint density at radius 1 is 0.889 bits per heavy atom. The largest absolute Gasteiger partial charge is 0.299 e. The topological polar surface area (TPSA) is 19.4 Å². The van der Waals surface area contributed by atoms with E-state index >= 15 is 0 Å². The molecule has 2 fully saturated rings. The molecule has 1 aromatic heterocycles. The van der Waals surface area contributed by atoms with Gasteiger partial charge in [0.1, 0.15) is 0 Å². The molecule has 2 saturated heterocycles. The van der Waals surface area contributed by atoms with Crippen molar-refractivity contribution < 1.29 is 0 Å². The number of hydrogen-bond donors (Lipinski definition) is 0. The monoisotopic (exact) mass is 245 g/mol. The molecule has 98 valence electrons. The summed E-state index contributed by atoms with van der Waals surface area (Å²) in [4.78, 5) is 9.71. The zero-order valence-corrected chi connectivity index (χ0v) is 11.1. The van der Waals surface area contributed by atoms with Crippen molar-refractivity contribution in [1.82, 2.24) is 14.8 Å². The van der Waals surface area contributed by atoms with Crippen molar-refractivity contribution in [2.24, 2.45) is 0 Å². The van der Waals surface area contributed by atoms with Gasteiger partial charge in [-0.1, -0.05) is 6.07 Å². The molecule has 0 aliphatic carbocycles. The zero-order chi connectivity index (χ0) is 12.2. The van der Waals surface area contributed by atoms with Gasteiger partial charge in [0.2, 0.25) is 0 Å². The van der Waals surface area contributed by atoms with E-state index in [0.717, 1.165) is 13.1 Å². The van der Waals surface area contributed by atoms with Crippen LogP contribution in [0.5, 0.6) is 0 Å². The molecule has 0 N–H and O–H groups in total. The second kappa shape index (κ2) is 5.81. The number of aromatic nitrogens is 1. The number of likely N-dealkylation sites (tertiary alicyclic amines) is 2. The molecule has 3 heterocycles. The molecule has 0 unspecified atom stereocenters. The first-order valence-corrected chi connectivity index (χ1v) is 7.29. The summed E-state index contributed by atoms with van der Waals surface area (Å²) in [5, 5.41) is 0. The molecular weight excluding hydrogens is 222 g/mol. The number of hydrogen-bond acceptors (Lipinski definition) is 3. The van der Waals surface area contributed by atoms with Gasteiger partial charge in [0.05, 0.1) is 5.69 Å². The van der Waals surface area contributed by atoms with Crippen molar-refractivity contribution in [2.75, 3.05) is 26.2 Å². The maximum absolute atomic E-state index is 4.62. The molecule has 0 amide bonds. The summed E-state index contributed by atoms with van der Waals surface area (Å²) in [7, 11) is 0. The van der Waals surface area contributed by atoms with Crippen LogP contribution in [0.15, 0.2) is 18.3 Å². The summed E-state index contributed by atoms with van der Waals surface area (Å²) < 4.78 is 0. The molecule has 2 aliphatic rings.